The number of benzene rings is 1. The number of aliphatic hydroxyl groups excluding tert-OH is 1. The van der Waals surface area contributed by atoms with E-state index in [0.29, 0.717) is 0 Å². The topological polar surface area (TPSA) is 23.5 Å². The molecule has 0 atom stereocenters. The van der Waals surface area contributed by atoms with Crippen LogP contribution in [0, 0.1) is 11.8 Å². The van der Waals surface area contributed by atoms with Crippen LogP contribution in [0.25, 0.3) is 6.08 Å². The Kier molecular flexibility index (Phi) is 4.46. The van der Waals surface area contributed by atoms with Gasteiger partial charge in [0.15, 0.2) is 0 Å². The largest absolute Gasteiger partial charge is 0.384 e. The lowest BCUT2D eigenvalue weighted by molar-refractivity contribution is 0.350. The summed E-state index contributed by atoms with van der Waals surface area (Å²) in [5.41, 5.74) is 2.28. The van der Waals surface area contributed by atoms with E-state index in [1.54, 1.807) is 6.08 Å². The summed E-state index contributed by atoms with van der Waals surface area (Å²) in [6, 6.07) is 8.18. The minimum atomic E-state index is -0.0933. The second-order valence-electron chi connectivity index (χ2n) is 3.30. The molecule has 0 aliphatic heterocycles. The number of allylic oxidation sites excluding steroid dienone is 1. The Labute approximate surface area is 90.8 Å². The van der Waals surface area contributed by atoms with Crippen molar-refractivity contribution in [3.05, 3.63) is 35.9 Å². The molecule has 0 aliphatic carbocycles. The third-order valence-corrected chi connectivity index (χ3v) is 1.95. The summed E-state index contributed by atoms with van der Waals surface area (Å²) in [4.78, 5) is 2.05. The average Bonchev–Trinajstić information content (AvgIpc) is 2.25. The van der Waals surface area contributed by atoms with Crippen molar-refractivity contribution in [2.24, 2.45) is 0 Å². The predicted molar refractivity (Wildman–Crippen MR) is 64.7 cm³/mol. The molecule has 78 valence electrons. The van der Waals surface area contributed by atoms with Crippen molar-refractivity contribution in [1.82, 2.24) is 0 Å². The molecule has 0 unspecified atom stereocenters. The van der Waals surface area contributed by atoms with Gasteiger partial charge in [-0.1, -0.05) is 24.0 Å². The third-order valence-electron chi connectivity index (χ3n) is 1.95. The van der Waals surface area contributed by atoms with Crippen molar-refractivity contribution in [2.45, 2.75) is 0 Å². The molecule has 0 heterocycles. The Morgan fingerprint density at radius 1 is 1.27 bits per heavy atom. The van der Waals surface area contributed by atoms with Crippen LogP contribution in [0.4, 0.5) is 5.69 Å². The first-order valence-corrected chi connectivity index (χ1v) is 4.77. The minimum Gasteiger partial charge on any atom is -0.384 e. The monoisotopic (exact) mass is 201 g/mol. The SMILES string of the molecule is CN(C)c1ccc(/C=C/C#CCO)cc1. The van der Waals surface area contributed by atoms with Crippen molar-refractivity contribution in [3.63, 3.8) is 0 Å². The zero-order chi connectivity index (χ0) is 11.1. The molecule has 2 nitrogen and oxygen atoms in total. The Hall–Kier alpha value is -1.72. The van der Waals surface area contributed by atoms with E-state index in [1.165, 1.54) is 5.69 Å². The molecule has 0 aromatic heterocycles. The summed E-state index contributed by atoms with van der Waals surface area (Å²) in [7, 11) is 4.02. The van der Waals surface area contributed by atoms with Gasteiger partial charge in [0.05, 0.1) is 0 Å². The zero-order valence-corrected chi connectivity index (χ0v) is 9.07. The van der Waals surface area contributed by atoms with Crippen LogP contribution in [-0.2, 0) is 0 Å². The Morgan fingerprint density at radius 3 is 2.47 bits per heavy atom. The van der Waals surface area contributed by atoms with Gasteiger partial charge in [0, 0.05) is 19.8 Å². The smallest absolute Gasteiger partial charge is 0.104 e. The molecule has 2 heteroatoms. The normalized spacial score (nSPS) is 9.80. The predicted octanol–water partition coefficient (Wildman–Crippen LogP) is 1.76. The van der Waals surface area contributed by atoms with Crippen molar-refractivity contribution in [3.8, 4) is 11.8 Å². The fraction of sp³-hybridized carbons (Fsp3) is 0.231. The van der Waals surface area contributed by atoms with Crippen LogP contribution >= 0.6 is 0 Å². The Bertz CT molecular complexity index is 379. The summed E-state index contributed by atoms with van der Waals surface area (Å²) in [6.45, 7) is -0.0933. The van der Waals surface area contributed by atoms with Crippen molar-refractivity contribution in [2.75, 3.05) is 25.6 Å². The van der Waals surface area contributed by atoms with E-state index in [1.807, 2.05) is 32.3 Å². The van der Waals surface area contributed by atoms with Gasteiger partial charge in [-0.2, -0.15) is 0 Å². The molecular formula is C13H15NO. The zero-order valence-electron chi connectivity index (χ0n) is 9.07. The molecule has 0 radical (unpaired) electrons. The highest BCUT2D eigenvalue weighted by Crippen LogP contribution is 2.12. The summed E-state index contributed by atoms with van der Waals surface area (Å²) < 4.78 is 0. The van der Waals surface area contributed by atoms with E-state index >= 15 is 0 Å². The van der Waals surface area contributed by atoms with Gasteiger partial charge in [-0.05, 0) is 29.8 Å². The van der Waals surface area contributed by atoms with Gasteiger partial charge >= 0.3 is 0 Å². The summed E-state index contributed by atoms with van der Waals surface area (Å²) >= 11 is 0. The van der Waals surface area contributed by atoms with Crippen molar-refractivity contribution < 1.29 is 5.11 Å². The van der Waals surface area contributed by atoms with Crippen molar-refractivity contribution in [1.29, 1.82) is 0 Å². The second-order valence-corrected chi connectivity index (χ2v) is 3.30. The average molecular weight is 201 g/mol. The molecule has 1 aromatic rings. The highest BCUT2D eigenvalue weighted by atomic mass is 16.2. The van der Waals surface area contributed by atoms with Gasteiger partial charge in [-0.3, -0.25) is 0 Å². The van der Waals surface area contributed by atoms with E-state index in [2.05, 4.69) is 28.9 Å². The van der Waals surface area contributed by atoms with Crippen LogP contribution in [0.2, 0.25) is 0 Å². The molecule has 1 rings (SSSR count). The van der Waals surface area contributed by atoms with Crippen LogP contribution in [-0.4, -0.2) is 25.8 Å². The second kappa shape index (κ2) is 5.90. The molecule has 1 aromatic carbocycles. The summed E-state index contributed by atoms with van der Waals surface area (Å²) in [5, 5.41) is 8.45. The lowest BCUT2D eigenvalue weighted by Crippen LogP contribution is -2.07. The highest BCUT2D eigenvalue weighted by molar-refractivity contribution is 5.57. The van der Waals surface area contributed by atoms with E-state index in [0.717, 1.165) is 5.56 Å². The van der Waals surface area contributed by atoms with E-state index < -0.39 is 0 Å². The molecule has 1 N–H and O–H groups in total. The molecule has 0 spiro atoms. The lowest BCUT2D eigenvalue weighted by atomic mass is 10.2. The van der Waals surface area contributed by atoms with Crippen molar-refractivity contribution >= 4 is 11.8 Å². The molecule has 0 saturated carbocycles. The molecule has 0 saturated heterocycles. The lowest BCUT2D eigenvalue weighted by Gasteiger charge is -2.11. The fourth-order valence-electron chi connectivity index (χ4n) is 1.13. The first-order valence-electron chi connectivity index (χ1n) is 4.77. The fourth-order valence-corrected chi connectivity index (χ4v) is 1.13. The minimum absolute atomic E-state index is 0.0933. The van der Waals surface area contributed by atoms with Crippen LogP contribution in [0.5, 0.6) is 0 Å². The van der Waals surface area contributed by atoms with Crippen LogP contribution < -0.4 is 4.90 Å². The maximum absolute atomic E-state index is 8.45. The molecule has 0 bridgehead atoms. The van der Waals surface area contributed by atoms with E-state index in [9.17, 15) is 0 Å². The first kappa shape index (κ1) is 11.4. The molecule has 0 amide bonds. The number of nitrogens with zero attached hydrogens (tertiary/aromatic N) is 1. The number of aliphatic hydroxyl groups is 1. The quantitative estimate of drug-likeness (QED) is 0.737. The molecular weight excluding hydrogens is 186 g/mol. The van der Waals surface area contributed by atoms with E-state index in [-0.39, 0.29) is 6.61 Å². The maximum atomic E-state index is 8.45. The van der Waals surface area contributed by atoms with Gasteiger partial charge in [0.2, 0.25) is 0 Å². The van der Waals surface area contributed by atoms with Gasteiger partial charge < -0.3 is 10.0 Å². The third kappa shape index (κ3) is 3.88. The highest BCUT2D eigenvalue weighted by Gasteiger charge is 1.92. The molecule has 15 heavy (non-hydrogen) atoms. The number of anilines is 1. The molecule has 0 fully saturated rings. The molecule has 0 aliphatic rings. The van der Waals surface area contributed by atoms with Gasteiger partial charge in [0.1, 0.15) is 6.61 Å². The Balaban J connectivity index is 2.68. The number of hydrogen-bond acceptors (Lipinski definition) is 2. The van der Waals surface area contributed by atoms with Gasteiger partial charge in [-0.25, -0.2) is 0 Å². The summed E-state index contributed by atoms with van der Waals surface area (Å²) in [5.74, 6) is 5.29. The first-order chi connectivity index (χ1) is 7.24. The van der Waals surface area contributed by atoms with Crippen LogP contribution in [0.3, 0.4) is 0 Å². The number of rotatable bonds is 2. The Morgan fingerprint density at radius 2 is 1.93 bits per heavy atom. The van der Waals surface area contributed by atoms with Crippen LogP contribution in [0.15, 0.2) is 30.3 Å². The van der Waals surface area contributed by atoms with Gasteiger partial charge in [0.25, 0.3) is 0 Å². The number of hydrogen-bond donors (Lipinski definition) is 1. The summed E-state index contributed by atoms with van der Waals surface area (Å²) in [6.07, 6.45) is 3.66. The maximum Gasteiger partial charge on any atom is 0.104 e. The standard InChI is InChI=1S/C13H15NO/c1-14(2)13-9-7-12(8-10-13)6-4-3-5-11-15/h4,6-10,15H,11H2,1-2H3/b6-4+. The van der Waals surface area contributed by atoms with Gasteiger partial charge in [-0.15, -0.1) is 0 Å². The van der Waals surface area contributed by atoms with Crippen LogP contribution in [0.1, 0.15) is 5.56 Å². The van der Waals surface area contributed by atoms with E-state index in [4.69, 9.17) is 5.11 Å².